The van der Waals surface area contributed by atoms with Gasteiger partial charge in [-0.05, 0) is 25.2 Å². The molecule has 1 aliphatic rings. The van der Waals surface area contributed by atoms with Crippen LogP contribution in [0, 0.1) is 11.8 Å². The Morgan fingerprint density at radius 1 is 1.46 bits per heavy atom. The molecule has 13 heavy (non-hydrogen) atoms. The average Bonchev–Trinajstić information content (AvgIpc) is 2.88. The van der Waals surface area contributed by atoms with Gasteiger partial charge in [0.15, 0.2) is 5.78 Å². The molecular formula is C11H20O2. The number of ketones is 1. The molecular weight excluding hydrogens is 164 g/mol. The number of carbonyl (C=O) groups is 1. The lowest BCUT2D eigenvalue weighted by Gasteiger charge is -2.17. The second-order valence-electron chi connectivity index (χ2n) is 4.19. The molecule has 1 atom stereocenters. The molecule has 0 aromatic heterocycles. The Bertz CT molecular complexity index is 171. The van der Waals surface area contributed by atoms with Gasteiger partial charge in [-0.3, -0.25) is 4.79 Å². The fourth-order valence-corrected chi connectivity index (χ4v) is 1.42. The summed E-state index contributed by atoms with van der Waals surface area (Å²) in [4.78, 5) is 11.7. The number of Topliss-reactive ketones (excluding diaryl/α,β-unsaturated/α-hetero) is 1. The zero-order valence-electron chi connectivity index (χ0n) is 8.88. The van der Waals surface area contributed by atoms with Crippen LogP contribution in [0.15, 0.2) is 0 Å². The van der Waals surface area contributed by atoms with E-state index < -0.39 is 0 Å². The van der Waals surface area contributed by atoms with E-state index in [-0.39, 0.29) is 17.8 Å². The molecule has 2 heteroatoms. The minimum absolute atomic E-state index is 0.0973. The van der Waals surface area contributed by atoms with Crippen LogP contribution in [0.3, 0.4) is 0 Å². The van der Waals surface area contributed by atoms with Gasteiger partial charge >= 0.3 is 0 Å². The quantitative estimate of drug-likeness (QED) is 0.633. The Morgan fingerprint density at radius 2 is 2.08 bits per heavy atom. The van der Waals surface area contributed by atoms with Crippen molar-refractivity contribution in [3.05, 3.63) is 0 Å². The van der Waals surface area contributed by atoms with Gasteiger partial charge in [-0.2, -0.15) is 0 Å². The lowest BCUT2D eigenvalue weighted by molar-refractivity contribution is -0.135. The zero-order valence-corrected chi connectivity index (χ0v) is 8.88. The van der Waals surface area contributed by atoms with Crippen molar-refractivity contribution in [3.8, 4) is 0 Å². The first kappa shape index (κ1) is 10.7. The van der Waals surface area contributed by atoms with Crippen LogP contribution in [0.1, 0.15) is 40.0 Å². The molecule has 0 aliphatic heterocycles. The second-order valence-corrected chi connectivity index (χ2v) is 4.19. The van der Waals surface area contributed by atoms with Crippen molar-refractivity contribution < 1.29 is 9.53 Å². The fraction of sp³-hybridized carbons (Fsp3) is 0.909. The van der Waals surface area contributed by atoms with Crippen LogP contribution in [0.4, 0.5) is 0 Å². The van der Waals surface area contributed by atoms with E-state index in [9.17, 15) is 4.79 Å². The first-order valence-electron chi connectivity index (χ1n) is 5.32. The van der Waals surface area contributed by atoms with Crippen molar-refractivity contribution in [1.82, 2.24) is 0 Å². The van der Waals surface area contributed by atoms with E-state index in [1.807, 2.05) is 13.8 Å². The van der Waals surface area contributed by atoms with Crippen LogP contribution in [0.5, 0.6) is 0 Å². The molecule has 0 bridgehead atoms. The molecule has 0 aromatic carbocycles. The Kier molecular flexibility index (Phi) is 3.91. The lowest BCUT2D eigenvalue weighted by Crippen LogP contribution is -2.30. The highest BCUT2D eigenvalue weighted by Crippen LogP contribution is 2.35. The molecule has 1 saturated carbocycles. The molecule has 0 N–H and O–H groups in total. The molecule has 0 aromatic rings. The van der Waals surface area contributed by atoms with Crippen LogP contribution in [-0.4, -0.2) is 18.5 Å². The molecule has 0 radical (unpaired) electrons. The third kappa shape index (κ3) is 3.11. The van der Waals surface area contributed by atoms with Crippen molar-refractivity contribution in [2.45, 2.75) is 46.1 Å². The van der Waals surface area contributed by atoms with E-state index in [0.717, 1.165) is 13.0 Å². The average molecular weight is 184 g/mol. The maximum atomic E-state index is 11.7. The number of hydrogen-bond donors (Lipinski definition) is 0. The van der Waals surface area contributed by atoms with E-state index in [1.165, 1.54) is 12.8 Å². The molecule has 0 saturated heterocycles. The van der Waals surface area contributed by atoms with Gasteiger partial charge in [0.1, 0.15) is 6.10 Å². The Labute approximate surface area is 80.7 Å². The largest absolute Gasteiger partial charge is 0.370 e. The third-order valence-corrected chi connectivity index (χ3v) is 2.40. The molecule has 2 nitrogen and oxygen atoms in total. The zero-order chi connectivity index (χ0) is 9.84. The summed E-state index contributed by atoms with van der Waals surface area (Å²) in [5.41, 5.74) is 0. The first-order chi connectivity index (χ1) is 6.16. The van der Waals surface area contributed by atoms with Crippen LogP contribution in [0.2, 0.25) is 0 Å². The summed E-state index contributed by atoms with van der Waals surface area (Å²) in [6, 6.07) is 0. The Hall–Kier alpha value is -0.370. The highest BCUT2D eigenvalue weighted by atomic mass is 16.5. The van der Waals surface area contributed by atoms with Gasteiger partial charge in [-0.25, -0.2) is 0 Å². The molecule has 0 spiro atoms. The van der Waals surface area contributed by atoms with E-state index in [2.05, 4.69) is 6.92 Å². The molecule has 1 aliphatic carbocycles. The van der Waals surface area contributed by atoms with E-state index in [0.29, 0.717) is 5.92 Å². The van der Waals surface area contributed by atoms with Gasteiger partial charge in [-0.15, -0.1) is 0 Å². The van der Waals surface area contributed by atoms with E-state index >= 15 is 0 Å². The summed E-state index contributed by atoms with van der Waals surface area (Å²) in [5.74, 6) is 0.930. The lowest BCUT2D eigenvalue weighted by atomic mass is 10.0. The number of rotatable bonds is 6. The maximum absolute atomic E-state index is 11.7. The summed E-state index contributed by atoms with van der Waals surface area (Å²) in [6.07, 6.45) is 3.24. The Morgan fingerprint density at radius 3 is 2.46 bits per heavy atom. The maximum Gasteiger partial charge on any atom is 0.164 e. The molecule has 1 rings (SSSR count). The van der Waals surface area contributed by atoms with Gasteiger partial charge in [0.05, 0.1) is 0 Å². The SMILES string of the molecule is CCCO[C@@H](C(=O)C(C)C)C1CC1. The molecule has 0 amide bonds. The van der Waals surface area contributed by atoms with E-state index in [1.54, 1.807) is 0 Å². The fourth-order valence-electron chi connectivity index (χ4n) is 1.42. The molecule has 76 valence electrons. The second kappa shape index (κ2) is 4.75. The summed E-state index contributed by atoms with van der Waals surface area (Å²) < 4.78 is 5.59. The van der Waals surface area contributed by atoms with Crippen molar-refractivity contribution in [1.29, 1.82) is 0 Å². The summed E-state index contributed by atoms with van der Waals surface area (Å²) in [6.45, 7) is 6.70. The summed E-state index contributed by atoms with van der Waals surface area (Å²) in [5, 5.41) is 0. The van der Waals surface area contributed by atoms with Gasteiger partial charge in [0.2, 0.25) is 0 Å². The van der Waals surface area contributed by atoms with Crippen LogP contribution in [-0.2, 0) is 9.53 Å². The first-order valence-corrected chi connectivity index (χ1v) is 5.32. The normalized spacial score (nSPS) is 19.1. The van der Waals surface area contributed by atoms with Gasteiger partial charge < -0.3 is 4.74 Å². The molecule has 0 heterocycles. The van der Waals surface area contributed by atoms with Gasteiger partial charge in [-0.1, -0.05) is 20.8 Å². The van der Waals surface area contributed by atoms with Gasteiger partial charge in [0, 0.05) is 12.5 Å². The standard InChI is InChI=1S/C11H20O2/c1-4-7-13-11(9-5-6-9)10(12)8(2)3/h8-9,11H,4-7H2,1-3H3/t11-/m1/s1. The molecule has 1 fully saturated rings. The van der Waals surface area contributed by atoms with Crippen molar-refractivity contribution >= 4 is 5.78 Å². The monoisotopic (exact) mass is 184 g/mol. The van der Waals surface area contributed by atoms with Crippen molar-refractivity contribution in [3.63, 3.8) is 0 Å². The predicted octanol–water partition coefficient (Wildman–Crippen LogP) is 2.42. The summed E-state index contributed by atoms with van der Waals surface area (Å²) >= 11 is 0. The van der Waals surface area contributed by atoms with Crippen LogP contribution < -0.4 is 0 Å². The minimum atomic E-state index is -0.0973. The third-order valence-electron chi connectivity index (χ3n) is 2.40. The number of carbonyl (C=O) groups excluding carboxylic acids is 1. The molecule has 0 unspecified atom stereocenters. The van der Waals surface area contributed by atoms with Crippen molar-refractivity contribution in [2.24, 2.45) is 11.8 Å². The van der Waals surface area contributed by atoms with E-state index in [4.69, 9.17) is 4.74 Å². The van der Waals surface area contributed by atoms with Crippen LogP contribution >= 0.6 is 0 Å². The Balaban J connectivity index is 2.41. The minimum Gasteiger partial charge on any atom is -0.370 e. The highest BCUT2D eigenvalue weighted by molar-refractivity contribution is 5.85. The highest BCUT2D eigenvalue weighted by Gasteiger charge is 2.37. The van der Waals surface area contributed by atoms with Crippen molar-refractivity contribution in [2.75, 3.05) is 6.61 Å². The number of ether oxygens (including phenoxy) is 1. The van der Waals surface area contributed by atoms with Gasteiger partial charge in [0.25, 0.3) is 0 Å². The van der Waals surface area contributed by atoms with Crippen LogP contribution in [0.25, 0.3) is 0 Å². The topological polar surface area (TPSA) is 26.3 Å². The predicted molar refractivity (Wildman–Crippen MR) is 52.6 cm³/mol. The number of hydrogen-bond acceptors (Lipinski definition) is 2. The smallest absolute Gasteiger partial charge is 0.164 e. The summed E-state index contributed by atoms with van der Waals surface area (Å²) in [7, 11) is 0.